The monoisotopic (exact) mass is 286 g/mol. The molecule has 21 heavy (non-hydrogen) atoms. The molecule has 3 nitrogen and oxygen atoms in total. The molecule has 1 heterocycles. The molecular formula is C18H26N2O. The first-order chi connectivity index (χ1) is 10.0. The van der Waals surface area contributed by atoms with Crippen molar-refractivity contribution in [2.24, 2.45) is 11.3 Å². The van der Waals surface area contributed by atoms with Crippen molar-refractivity contribution in [1.82, 2.24) is 9.78 Å². The molecule has 1 saturated carbocycles. The maximum Gasteiger partial charge on any atom is 0.0788 e. The Hall–Kier alpha value is -1.35. The Bertz CT molecular complexity index is 616. The molecule has 1 aliphatic carbocycles. The van der Waals surface area contributed by atoms with Crippen molar-refractivity contribution in [2.45, 2.75) is 58.6 Å². The van der Waals surface area contributed by atoms with Gasteiger partial charge in [0.05, 0.1) is 23.9 Å². The predicted molar refractivity (Wildman–Crippen MR) is 86.2 cm³/mol. The van der Waals surface area contributed by atoms with Gasteiger partial charge in [0.25, 0.3) is 0 Å². The zero-order valence-corrected chi connectivity index (χ0v) is 13.3. The summed E-state index contributed by atoms with van der Waals surface area (Å²) in [4.78, 5) is 0. The number of hydrogen-bond acceptors (Lipinski definition) is 2. The van der Waals surface area contributed by atoms with E-state index in [-0.39, 0.29) is 12.1 Å². The summed E-state index contributed by atoms with van der Waals surface area (Å²) in [5.74, 6) is 0.652. The van der Waals surface area contributed by atoms with Crippen LogP contribution in [-0.2, 0) is 0 Å². The van der Waals surface area contributed by atoms with Crippen molar-refractivity contribution in [3.05, 3.63) is 30.5 Å². The highest BCUT2D eigenvalue weighted by atomic mass is 16.3. The second-order valence-corrected chi connectivity index (χ2v) is 7.13. The summed E-state index contributed by atoms with van der Waals surface area (Å²) in [6.45, 7) is 6.98. The average molecular weight is 286 g/mol. The molecule has 0 amide bonds. The Balaban J connectivity index is 1.92. The lowest BCUT2D eigenvalue weighted by atomic mass is 9.68. The van der Waals surface area contributed by atoms with Crippen molar-refractivity contribution in [2.75, 3.05) is 0 Å². The van der Waals surface area contributed by atoms with E-state index in [1.54, 1.807) is 0 Å². The van der Waals surface area contributed by atoms with Crippen LogP contribution in [0.3, 0.4) is 0 Å². The van der Waals surface area contributed by atoms with Crippen LogP contribution in [0.5, 0.6) is 0 Å². The van der Waals surface area contributed by atoms with E-state index in [2.05, 4.69) is 42.7 Å². The van der Waals surface area contributed by atoms with Gasteiger partial charge in [0, 0.05) is 5.39 Å². The van der Waals surface area contributed by atoms with Gasteiger partial charge in [-0.25, -0.2) is 0 Å². The summed E-state index contributed by atoms with van der Waals surface area (Å²) in [6.07, 6.45) is 5.84. The van der Waals surface area contributed by atoms with Gasteiger partial charge in [-0.3, -0.25) is 4.68 Å². The number of aliphatic hydroxyl groups is 1. The van der Waals surface area contributed by atoms with Crippen LogP contribution < -0.4 is 0 Å². The second kappa shape index (κ2) is 5.45. The Morgan fingerprint density at radius 2 is 2.05 bits per heavy atom. The lowest BCUT2D eigenvalue weighted by Gasteiger charge is -2.41. The van der Waals surface area contributed by atoms with E-state index in [9.17, 15) is 5.11 Å². The smallest absolute Gasteiger partial charge is 0.0788 e. The first kappa shape index (κ1) is 14.6. The summed E-state index contributed by atoms with van der Waals surface area (Å²) in [5.41, 5.74) is 1.47. The van der Waals surface area contributed by atoms with Gasteiger partial charge >= 0.3 is 0 Å². The van der Waals surface area contributed by atoms with Gasteiger partial charge in [0.2, 0.25) is 0 Å². The summed E-state index contributed by atoms with van der Waals surface area (Å²) >= 11 is 0. The quantitative estimate of drug-likeness (QED) is 0.919. The molecule has 0 saturated heterocycles. The molecule has 1 aromatic heterocycles. The van der Waals surface area contributed by atoms with E-state index in [0.29, 0.717) is 11.3 Å². The van der Waals surface area contributed by atoms with Gasteiger partial charge in [-0.1, -0.05) is 45.4 Å². The molecule has 0 spiro atoms. The number of aliphatic hydroxyl groups excluding tert-OH is 1. The molecule has 1 aromatic carbocycles. The number of para-hydroxylation sites is 1. The molecule has 0 radical (unpaired) electrons. The number of nitrogens with zero attached hydrogens (tertiary/aromatic N) is 2. The normalized spacial score (nSPS) is 27.1. The molecule has 1 fully saturated rings. The van der Waals surface area contributed by atoms with Gasteiger partial charge < -0.3 is 5.11 Å². The minimum absolute atomic E-state index is 0.106. The summed E-state index contributed by atoms with van der Waals surface area (Å²) in [7, 11) is 0. The third kappa shape index (κ3) is 2.59. The molecule has 1 N–H and O–H groups in total. The average Bonchev–Trinajstić information content (AvgIpc) is 2.91. The fraction of sp³-hybridized carbons (Fsp3) is 0.611. The highest BCUT2D eigenvalue weighted by Gasteiger charge is 2.38. The lowest BCUT2D eigenvalue weighted by molar-refractivity contribution is 0.0164. The van der Waals surface area contributed by atoms with E-state index >= 15 is 0 Å². The van der Waals surface area contributed by atoms with Crippen LogP contribution >= 0.6 is 0 Å². The van der Waals surface area contributed by atoms with Crippen LogP contribution in [0.25, 0.3) is 10.9 Å². The first-order valence-corrected chi connectivity index (χ1v) is 8.13. The molecule has 2 aromatic rings. The Morgan fingerprint density at radius 3 is 2.81 bits per heavy atom. The van der Waals surface area contributed by atoms with Gasteiger partial charge in [0.1, 0.15) is 0 Å². The zero-order chi connectivity index (χ0) is 15.0. The van der Waals surface area contributed by atoms with Crippen molar-refractivity contribution >= 4 is 10.9 Å². The molecule has 3 rings (SSSR count). The topological polar surface area (TPSA) is 38.0 Å². The molecule has 1 aliphatic rings. The van der Waals surface area contributed by atoms with Gasteiger partial charge in [0.15, 0.2) is 0 Å². The van der Waals surface area contributed by atoms with Crippen molar-refractivity contribution in [1.29, 1.82) is 0 Å². The zero-order valence-electron chi connectivity index (χ0n) is 13.3. The highest BCUT2D eigenvalue weighted by Crippen LogP contribution is 2.44. The van der Waals surface area contributed by atoms with Crippen LogP contribution in [-0.4, -0.2) is 21.0 Å². The summed E-state index contributed by atoms with van der Waals surface area (Å²) in [6, 6.07) is 8.37. The van der Waals surface area contributed by atoms with E-state index in [1.807, 2.05) is 18.3 Å². The Morgan fingerprint density at radius 1 is 1.29 bits per heavy atom. The number of aromatic nitrogens is 2. The van der Waals surface area contributed by atoms with E-state index < -0.39 is 0 Å². The van der Waals surface area contributed by atoms with Crippen LogP contribution in [0.1, 0.15) is 52.5 Å². The summed E-state index contributed by atoms with van der Waals surface area (Å²) < 4.78 is 2.05. The fourth-order valence-electron chi connectivity index (χ4n) is 3.65. The van der Waals surface area contributed by atoms with Gasteiger partial charge in [-0.05, 0) is 36.7 Å². The number of hydrogen-bond donors (Lipinski definition) is 1. The molecule has 3 heteroatoms. The number of rotatable bonds is 3. The molecule has 0 bridgehead atoms. The van der Waals surface area contributed by atoms with E-state index in [4.69, 9.17) is 0 Å². The Kier molecular flexibility index (Phi) is 3.78. The van der Waals surface area contributed by atoms with Crippen LogP contribution in [0, 0.1) is 11.3 Å². The standard InChI is InChI=1S/C18H26N2O/c1-4-18(2,3)14-9-10-17(21)16(11-14)20-15-8-6-5-7-13(15)12-19-20/h5-8,12,14,16-17,21H,4,9-11H2,1-3H3. The second-order valence-electron chi connectivity index (χ2n) is 7.13. The summed E-state index contributed by atoms with van der Waals surface area (Å²) in [5, 5.41) is 16.2. The van der Waals surface area contributed by atoms with Crippen molar-refractivity contribution in [3.8, 4) is 0 Å². The number of fused-ring (bicyclic) bond motifs is 1. The van der Waals surface area contributed by atoms with Gasteiger partial charge in [-0.15, -0.1) is 0 Å². The van der Waals surface area contributed by atoms with E-state index in [1.165, 1.54) is 6.42 Å². The van der Waals surface area contributed by atoms with E-state index in [0.717, 1.165) is 30.2 Å². The minimum atomic E-state index is -0.280. The van der Waals surface area contributed by atoms with Crippen LogP contribution in [0.15, 0.2) is 30.5 Å². The third-order valence-electron chi connectivity index (χ3n) is 5.62. The molecule has 0 aliphatic heterocycles. The van der Waals surface area contributed by atoms with Crippen LogP contribution in [0.2, 0.25) is 0 Å². The maximum absolute atomic E-state index is 10.5. The fourth-order valence-corrected chi connectivity index (χ4v) is 3.65. The molecule has 3 atom stereocenters. The maximum atomic E-state index is 10.5. The van der Waals surface area contributed by atoms with Gasteiger partial charge in [-0.2, -0.15) is 5.10 Å². The lowest BCUT2D eigenvalue weighted by Crippen LogP contribution is -2.37. The highest BCUT2D eigenvalue weighted by molar-refractivity contribution is 5.78. The molecular weight excluding hydrogens is 260 g/mol. The predicted octanol–water partition coefficient (Wildman–Crippen LogP) is 4.17. The largest absolute Gasteiger partial charge is 0.391 e. The minimum Gasteiger partial charge on any atom is -0.391 e. The first-order valence-electron chi connectivity index (χ1n) is 8.13. The number of benzene rings is 1. The third-order valence-corrected chi connectivity index (χ3v) is 5.62. The van der Waals surface area contributed by atoms with Crippen molar-refractivity contribution in [3.63, 3.8) is 0 Å². The van der Waals surface area contributed by atoms with Crippen LogP contribution in [0.4, 0.5) is 0 Å². The Labute approximate surface area is 127 Å². The molecule has 3 unspecified atom stereocenters. The SMILES string of the molecule is CCC(C)(C)C1CCC(O)C(n2ncc3ccccc32)C1. The van der Waals surface area contributed by atoms with Crippen molar-refractivity contribution < 1.29 is 5.11 Å². The molecule has 114 valence electrons.